The second-order valence-electron chi connectivity index (χ2n) is 5.86. The highest BCUT2D eigenvalue weighted by molar-refractivity contribution is 7.17. The summed E-state index contributed by atoms with van der Waals surface area (Å²) in [7, 11) is 1.84. The second-order valence-corrected chi connectivity index (χ2v) is 6.81. The van der Waals surface area contributed by atoms with Gasteiger partial charge in [-0.15, -0.1) is 11.3 Å². The molecule has 0 spiro atoms. The van der Waals surface area contributed by atoms with Crippen molar-refractivity contribution >= 4 is 33.1 Å². The Labute approximate surface area is 132 Å². The highest BCUT2D eigenvalue weighted by Crippen LogP contribution is 2.36. The summed E-state index contributed by atoms with van der Waals surface area (Å²) in [5, 5.41) is 9.14. The van der Waals surface area contributed by atoms with Crippen LogP contribution in [0.5, 0.6) is 0 Å². The fourth-order valence-corrected chi connectivity index (χ4v) is 4.17. The molecule has 1 fully saturated rings. The molecule has 3 heterocycles. The van der Waals surface area contributed by atoms with Gasteiger partial charge in [0.2, 0.25) is 0 Å². The molecule has 0 aliphatic heterocycles. The largest absolute Gasteiger partial charge is 0.333 e. The van der Waals surface area contributed by atoms with E-state index < -0.39 is 0 Å². The zero-order valence-corrected chi connectivity index (χ0v) is 13.3. The van der Waals surface area contributed by atoms with E-state index in [0.717, 1.165) is 24.2 Å². The molecule has 0 unspecified atom stereocenters. The first-order valence-corrected chi connectivity index (χ1v) is 8.49. The Morgan fingerprint density at radius 2 is 2.23 bits per heavy atom. The number of hydrogen-bond donors (Lipinski definition) is 1. The zero-order valence-electron chi connectivity index (χ0n) is 12.5. The van der Waals surface area contributed by atoms with Crippen LogP contribution in [0.2, 0.25) is 0 Å². The number of fused-ring (bicyclic) bond motifs is 1. The van der Waals surface area contributed by atoms with Gasteiger partial charge in [-0.3, -0.25) is 9.48 Å². The minimum Gasteiger partial charge on any atom is -0.333 e. The Kier molecular flexibility index (Phi) is 3.26. The summed E-state index contributed by atoms with van der Waals surface area (Å²) in [6.07, 6.45) is 8.29. The van der Waals surface area contributed by atoms with Crippen LogP contribution in [0.15, 0.2) is 29.9 Å². The lowest BCUT2D eigenvalue weighted by atomic mass is 10.2. The number of thiophene rings is 1. The number of nitrogens with zero attached hydrogens (tertiary/aromatic N) is 3. The third-order valence-corrected chi connectivity index (χ3v) is 5.20. The Morgan fingerprint density at radius 3 is 2.95 bits per heavy atom. The van der Waals surface area contributed by atoms with Crippen molar-refractivity contribution in [3.05, 3.63) is 35.6 Å². The van der Waals surface area contributed by atoms with Crippen molar-refractivity contribution in [3.8, 4) is 0 Å². The monoisotopic (exact) mass is 314 g/mol. The lowest BCUT2D eigenvalue weighted by Crippen LogP contribution is -2.18. The van der Waals surface area contributed by atoms with Crippen LogP contribution in [0.1, 0.15) is 42.2 Å². The van der Waals surface area contributed by atoms with E-state index in [1.54, 1.807) is 22.2 Å². The first-order chi connectivity index (χ1) is 10.7. The predicted octanol–water partition coefficient (Wildman–Crippen LogP) is 3.80. The molecule has 0 saturated heterocycles. The number of carbonyl (C=O) groups is 1. The van der Waals surface area contributed by atoms with Crippen LogP contribution in [-0.4, -0.2) is 20.3 Å². The van der Waals surface area contributed by atoms with Gasteiger partial charge >= 0.3 is 0 Å². The molecule has 5 nitrogen and oxygen atoms in total. The molecular formula is C16H18N4OS. The standard InChI is InChI=1S/C16H18N4OS/c1-19-10-11(9-17-19)18-16(21)14-8-15-13(6-7-22-15)20(14)12-4-2-3-5-12/h6-10,12H,2-5H2,1H3,(H,18,21). The Bertz CT molecular complexity index is 822. The van der Waals surface area contributed by atoms with E-state index in [2.05, 4.69) is 26.4 Å². The number of rotatable bonds is 3. The van der Waals surface area contributed by atoms with E-state index in [-0.39, 0.29) is 5.91 Å². The molecule has 0 radical (unpaired) electrons. The molecule has 0 bridgehead atoms. The fourth-order valence-electron chi connectivity index (χ4n) is 3.36. The van der Waals surface area contributed by atoms with E-state index >= 15 is 0 Å². The van der Waals surface area contributed by atoms with Crippen molar-refractivity contribution in [3.63, 3.8) is 0 Å². The van der Waals surface area contributed by atoms with Gasteiger partial charge in [-0.05, 0) is 30.4 Å². The van der Waals surface area contributed by atoms with Gasteiger partial charge in [0.1, 0.15) is 5.69 Å². The molecule has 1 aliphatic rings. The van der Waals surface area contributed by atoms with Crippen LogP contribution in [-0.2, 0) is 7.05 Å². The maximum atomic E-state index is 12.7. The van der Waals surface area contributed by atoms with Gasteiger partial charge in [0.05, 0.1) is 22.1 Å². The summed E-state index contributed by atoms with van der Waals surface area (Å²) in [6, 6.07) is 4.59. The molecule has 6 heteroatoms. The first kappa shape index (κ1) is 13.6. The normalized spacial score (nSPS) is 15.7. The van der Waals surface area contributed by atoms with Crippen LogP contribution in [0.25, 0.3) is 10.2 Å². The van der Waals surface area contributed by atoms with Gasteiger partial charge in [-0.1, -0.05) is 12.8 Å². The fraction of sp³-hybridized carbons (Fsp3) is 0.375. The number of anilines is 1. The summed E-state index contributed by atoms with van der Waals surface area (Å²) >= 11 is 1.69. The van der Waals surface area contributed by atoms with Gasteiger partial charge < -0.3 is 9.88 Å². The SMILES string of the molecule is Cn1cc(NC(=O)c2cc3sccc3n2C2CCCC2)cn1. The van der Waals surface area contributed by atoms with E-state index in [1.165, 1.54) is 23.1 Å². The van der Waals surface area contributed by atoms with Crippen LogP contribution in [0.3, 0.4) is 0 Å². The third kappa shape index (κ3) is 2.23. The van der Waals surface area contributed by atoms with Crippen molar-refractivity contribution in [2.45, 2.75) is 31.7 Å². The number of nitrogens with one attached hydrogen (secondary N) is 1. The molecule has 1 aliphatic carbocycles. The van der Waals surface area contributed by atoms with Crippen LogP contribution >= 0.6 is 11.3 Å². The Balaban J connectivity index is 1.72. The Morgan fingerprint density at radius 1 is 1.41 bits per heavy atom. The van der Waals surface area contributed by atoms with Gasteiger partial charge in [0.25, 0.3) is 5.91 Å². The third-order valence-electron chi connectivity index (χ3n) is 4.35. The van der Waals surface area contributed by atoms with Crippen molar-refractivity contribution in [1.29, 1.82) is 0 Å². The highest BCUT2D eigenvalue weighted by Gasteiger charge is 2.25. The maximum absolute atomic E-state index is 12.7. The van der Waals surface area contributed by atoms with Crippen LogP contribution < -0.4 is 5.32 Å². The zero-order chi connectivity index (χ0) is 15.1. The Hall–Kier alpha value is -2.08. The smallest absolute Gasteiger partial charge is 0.272 e. The number of aromatic nitrogens is 3. The molecule has 3 aromatic rings. The molecule has 1 amide bonds. The van der Waals surface area contributed by atoms with Gasteiger partial charge in [-0.2, -0.15) is 5.10 Å². The predicted molar refractivity (Wildman–Crippen MR) is 88.5 cm³/mol. The molecule has 1 saturated carbocycles. The summed E-state index contributed by atoms with van der Waals surface area (Å²) in [4.78, 5) is 12.7. The van der Waals surface area contributed by atoms with E-state index in [1.807, 2.05) is 19.3 Å². The number of carbonyl (C=O) groups excluding carboxylic acids is 1. The lowest BCUT2D eigenvalue weighted by molar-refractivity contribution is 0.101. The van der Waals surface area contributed by atoms with Gasteiger partial charge in [0, 0.05) is 19.3 Å². The van der Waals surface area contributed by atoms with Crippen molar-refractivity contribution < 1.29 is 4.79 Å². The summed E-state index contributed by atoms with van der Waals surface area (Å²) < 4.78 is 5.11. The minimum atomic E-state index is -0.0525. The molecule has 22 heavy (non-hydrogen) atoms. The number of hydrogen-bond acceptors (Lipinski definition) is 3. The summed E-state index contributed by atoms with van der Waals surface area (Å²) in [5.41, 5.74) is 2.68. The van der Waals surface area contributed by atoms with E-state index in [0.29, 0.717) is 6.04 Å². The second kappa shape index (κ2) is 5.28. The molecule has 3 aromatic heterocycles. The molecule has 1 N–H and O–H groups in total. The molecule has 4 rings (SSSR count). The van der Waals surface area contributed by atoms with Crippen molar-refractivity contribution in [2.24, 2.45) is 7.05 Å². The number of amides is 1. The van der Waals surface area contributed by atoms with Crippen LogP contribution in [0, 0.1) is 0 Å². The topological polar surface area (TPSA) is 51.9 Å². The van der Waals surface area contributed by atoms with Crippen molar-refractivity contribution in [2.75, 3.05) is 5.32 Å². The van der Waals surface area contributed by atoms with E-state index in [4.69, 9.17) is 0 Å². The van der Waals surface area contributed by atoms with E-state index in [9.17, 15) is 4.79 Å². The molecule has 0 aromatic carbocycles. The van der Waals surface area contributed by atoms with Gasteiger partial charge in [-0.25, -0.2) is 0 Å². The average Bonchev–Trinajstić information content (AvgIpc) is 3.20. The number of aryl methyl sites for hydroxylation is 1. The van der Waals surface area contributed by atoms with Crippen molar-refractivity contribution in [1.82, 2.24) is 14.3 Å². The molecule has 0 atom stereocenters. The molecular weight excluding hydrogens is 296 g/mol. The van der Waals surface area contributed by atoms with Gasteiger partial charge in [0.15, 0.2) is 0 Å². The quantitative estimate of drug-likeness (QED) is 0.799. The maximum Gasteiger partial charge on any atom is 0.272 e. The minimum absolute atomic E-state index is 0.0525. The molecule has 114 valence electrons. The lowest BCUT2D eigenvalue weighted by Gasteiger charge is -2.16. The summed E-state index contributed by atoms with van der Waals surface area (Å²) in [5.74, 6) is -0.0525. The van der Waals surface area contributed by atoms with Crippen LogP contribution in [0.4, 0.5) is 5.69 Å². The average molecular weight is 314 g/mol. The summed E-state index contributed by atoms with van der Waals surface area (Å²) in [6.45, 7) is 0. The first-order valence-electron chi connectivity index (χ1n) is 7.61. The highest BCUT2D eigenvalue weighted by atomic mass is 32.1.